The van der Waals surface area contributed by atoms with E-state index in [1.165, 1.54) is 19.3 Å². The van der Waals surface area contributed by atoms with Gasteiger partial charge in [-0.3, -0.25) is 4.79 Å². The van der Waals surface area contributed by atoms with Gasteiger partial charge >= 0.3 is 0 Å². The third-order valence-electron chi connectivity index (χ3n) is 5.05. The molecule has 0 heterocycles. The van der Waals surface area contributed by atoms with E-state index in [1.54, 1.807) is 0 Å². The van der Waals surface area contributed by atoms with Crippen LogP contribution < -0.4 is 0 Å². The lowest BCUT2D eigenvalue weighted by Crippen LogP contribution is -2.29. The summed E-state index contributed by atoms with van der Waals surface area (Å²) in [6.07, 6.45) is 5.91. The van der Waals surface area contributed by atoms with E-state index in [2.05, 4.69) is 6.92 Å². The zero-order chi connectivity index (χ0) is 9.00. The molecule has 3 fully saturated rings. The fourth-order valence-corrected chi connectivity index (χ4v) is 4.49. The largest absolute Gasteiger partial charge is 0.300 e. The van der Waals surface area contributed by atoms with Gasteiger partial charge in [-0.05, 0) is 48.9 Å². The van der Waals surface area contributed by atoms with Crippen molar-refractivity contribution in [1.29, 1.82) is 0 Å². The summed E-state index contributed by atoms with van der Waals surface area (Å²) in [5.74, 6) is 5.12. The molecule has 2 bridgehead atoms. The molecule has 72 valence electrons. The first-order valence-electron chi connectivity index (χ1n) is 5.79. The molecule has 0 aliphatic heterocycles. The Labute approximate surface area is 79.9 Å². The second-order valence-corrected chi connectivity index (χ2v) is 5.37. The normalized spacial score (nSPS) is 53.9. The Bertz CT molecular complexity index is 246. The number of ketones is 1. The molecule has 1 heteroatoms. The second-order valence-electron chi connectivity index (χ2n) is 5.37. The lowest BCUT2D eigenvalue weighted by atomic mass is 9.71. The van der Waals surface area contributed by atoms with Crippen LogP contribution in [-0.4, -0.2) is 5.78 Å². The Kier molecular flexibility index (Phi) is 1.59. The highest BCUT2D eigenvalue weighted by Gasteiger charge is 2.53. The summed E-state index contributed by atoms with van der Waals surface area (Å²) in [6.45, 7) is 2.42. The number of fused-ring (bicyclic) bond motifs is 5. The van der Waals surface area contributed by atoms with Crippen LogP contribution in [0.4, 0.5) is 0 Å². The highest BCUT2D eigenvalue weighted by Crippen LogP contribution is 2.59. The molecular weight excluding hydrogens is 160 g/mol. The maximum absolute atomic E-state index is 11.4. The van der Waals surface area contributed by atoms with Crippen LogP contribution >= 0.6 is 0 Å². The molecule has 3 rings (SSSR count). The highest BCUT2D eigenvalue weighted by molar-refractivity contribution is 5.79. The monoisotopic (exact) mass is 178 g/mol. The summed E-state index contributed by atoms with van der Waals surface area (Å²) < 4.78 is 0. The van der Waals surface area contributed by atoms with Crippen LogP contribution in [0.15, 0.2) is 0 Å². The minimum Gasteiger partial charge on any atom is -0.300 e. The standard InChI is InChI=1S/C12H18O/c1-7-9-4-5-10(7)12-6-8(13)2-3-11(9)12/h7,9-12H,2-6H2,1H3. The van der Waals surface area contributed by atoms with Gasteiger partial charge < -0.3 is 0 Å². The predicted molar refractivity (Wildman–Crippen MR) is 51.2 cm³/mol. The van der Waals surface area contributed by atoms with Crippen molar-refractivity contribution in [2.24, 2.45) is 29.6 Å². The molecule has 3 saturated carbocycles. The molecule has 3 aliphatic carbocycles. The van der Waals surface area contributed by atoms with Crippen LogP contribution in [0.5, 0.6) is 0 Å². The average Bonchev–Trinajstić information content (AvgIpc) is 2.59. The van der Waals surface area contributed by atoms with Gasteiger partial charge in [0.25, 0.3) is 0 Å². The van der Waals surface area contributed by atoms with E-state index in [-0.39, 0.29) is 0 Å². The van der Waals surface area contributed by atoms with Crippen LogP contribution in [0.25, 0.3) is 0 Å². The van der Waals surface area contributed by atoms with E-state index in [0.29, 0.717) is 5.78 Å². The summed E-state index contributed by atoms with van der Waals surface area (Å²) >= 11 is 0. The number of Topliss-reactive ketones (excluding diaryl/α,β-unsaturated/α-hetero) is 1. The fraction of sp³-hybridized carbons (Fsp3) is 0.917. The maximum atomic E-state index is 11.4. The topological polar surface area (TPSA) is 17.1 Å². The van der Waals surface area contributed by atoms with E-state index in [4.69, 9.17) is 0 Å². The molecule has 0 radical (unpaired) electrons. The van der Waals surface area contributed by atoms with E-state index >= 15 is 0 Å². The summed E-state index contributed by atoms with van der Waals surface area (Å²) in [7, 11) is 0. The number of rotatable bonds is 0. The molecule has 0 aromatic heterocycles. The number of hydrogen-bond donors (Lipinski definition) is 0. The SMILES string of the molecule is CC1C2CCC1C1CC(=O)CCC21. The van der Waals surface area contributed by atoms with Gasteiger partial charge in [-0.25, -0.2) is 0 Å². The molecule has 13 heavy (non-hydrogen) atoms. The maximum Gasteiger partial charge on any atom is 0.133 e. The number of carbonyl (C=O) groups excluding carboxylic acids is 1. The van der Waals surface area contributed by atoms with Crippen molar-refractivity contribution in [2.45, 2.75) is 39.0 Å². The first kappa shape index (κ1) is 8.02. The van der Waals surface area contributed by atoms with Gasteiger partial charge in [0.05, 0.1) is 0 Å². The third-order valence-corrected chi connectivity index (χ3v) is 5.05. The second kappa shape index (κ2) is 2.59. The van der Waals surface area contributed by atoms with Crippen LogP contribution in [0.2, 0.25) is 0 Å². The summed E-state index contributed by atoms with van der Waals surface area (Å²) in [5, 5.41) is 0. The van der Waals surface area contributed by atoms with Crippen LogP contribution in [0.1, 0.15) is 39.0 Å². The Balaban J connectivity index is 1.88. The van der Waals surface area contributed by atoms with Gasteiger partial charge in [0.2, 0.25) is 0 Å². The predicted octanol–water partition coefficient (Wildman–Crippen LogP) is 2.65. The molecule has 3 aliphatic rings. The van der Waals surface area contributed by atoms with Gasteiger partial charge in [0, 0.05) is 12.8 Å². The molecule has 0 amide bonds. The van der Waals surface area contributed by atoms with Crippen molar-refractivity contribution in [2.75, 3.05) is 0 Å². The minimum absolute atomic E-state index is 0.543. The van der Waals surface area contributed by atoms with Gasteiger partial charge in [0.1, 0.15) is 5.78 Å². The lowest BCUT2D eigenvalue weighted by molar-refractivity contribution is -0.123. The molecule has 0 spiro atoms. The molecule has 0 aromatic carbocycles. The zero-order valence-corrected chi connectivity index (χ0v) is 8.33. The fourth-order valence-electron chi connectivity index (χ4n) is 4.49. The quantitative estimate of drug-likeness (QED) is 0.557. The van der Waals surface area contributed by atoms with Crippen LogP contribution in [0, 0.1) is 29.6 Å². The van der Waals surface area contributed by atoms with Gasteiger partial charge in [-0.1, -0.05) is 6.92 Å². The van der Waals surface area contributed by atoms with Crippen molar-refractivity contribution in [3.05, 3.63) is 0 Å². The van der Waals surface area contributed by atoms with E-state index < -0.39 is 0 Å². The van der Waals surface area contributed by atoms with E-state index in [1.807, 2.05) is 0 Å². The Morgan fingerprint density at radius 2 is 1.69 bits per heavy atom. The zero-order valence-electron chi connectivity index (χ0n) is 8.33. The van der Waals surface area contributed by atoms with Crippen LogP contribution in [0.3, 0.4) is 0 Å². The molecule has 5 atom stereocenters. The van der Waals surface area contributed by atoms with Crippen LogP contribution in [-0.2, 0) is 4.79 Å². The molecule has 0 saturated heterocycles. The summed E-state index contributed by atoms with van der Waals surface area (Å²) in [5.41, 5.74) is 0. The average molecular weight is 178 g/mol. The Morgan fingerprint density at radius 3 is 2.46 bits per heavy atom. The Hall–Kier alpha value is -0.330. The Morgan fingerprint density at radius 1 is 1.00 bits per heavy atom. The van der Waals surface area contributed by atoms with Gasteiger partial charge in [-0.15, -0.1) is 0 Å². The van der Waals surface area contributed by atoms with Crippen molar-refractivity contribution in [3.8, 4) is 0 Å². The molecule has 0 aromatic rings. The van der Waals surface area contributed by atoms with Gasteiger partial charge in [-0.2, -0.15) is 0 Å². The minimum atomic E-state index is 0.543. The number of carbonyl (C=O) groups is 1. The molecule has 5 unspecified atom stereocenters. The van der Waals surface area contributed by atoms with Crippen molar-refractivity contribution in [1.82, 2.24) is 0 Å². The molecule has 1 nitrogen and oxygen atoms in total. The van der Waals surface area contributed by atoms with Crippen molar-refractivity contribution >= 4 is 5.78 Å². The lowest BCUT2D eigenvalue weighted by Gasteiger charge is -2.34. The summed E-state index contributed by atoms with van der Waals surface area (Å²) in [4.78, 5) is 11.4. The highest BCUT2D eigenvalue weighted by atomic mass is 16.1. The third kappa shape index (κ3) is 0.963. The van der Waals surface area contributed by atoms with Crippen molar-refractivity contribution < 1.29 is 4.79 Å². The molecular formula is C12H18O. The smallest absolute Gasteiger partial charge is 0.133 e. The first-order valence-corrected chi connectivity index (χ1v) is 5.79. The number of hydrogen-bond acceptors (Lipinski definition) is 1. The first-order chi connectivity index (χ1) is 6.27. The van der Waals surface area contributed by atoms with Crippen molar-refractivity contribution in [3.63, 3.8) is 0 Å². The van der Waals surface area contributed by atoms with Gasteiger partial charge in [0.15, 0.2) is 0 Å². The molecule has 0 N–H and O–H groups in total. The van der Waals surface area contributed by atoms with E-state index in [9.17, 15) is 4.79 Å². The van der Waals surface area contributed by atoms with E-state index in [0.717, 1.165) is 42.4 Å². The summed E-state index contributed by atoms with van der Waals surface area (Å²) in [6, 6.07) is 0.